The highest BCUT2D eigenvalue weighted by atomic mass is 16.5. The lowest BCUT2D eigenvalue weighted by Gasteiger charge is -2.06. The molecule has 4 N–H and O–H groups in total. The van der Waals surface area contributed by atoms with E-state index in [0.29, 0.717) is 0 Å². The molecule has 0 aromatic carbocycles. The molecule has 0 bridgehead atoms. The number of hydrogen-bond acceptors (Lipinski definition) is 5. The summed E-state index contributed by atoms with van der Waals surface area (Å²) in [4.78, 5) is 23.8. The van der Waals surface area contributed by atoms with Crippen molar-refractivity contribution in [1.29, 1.82) is 0 Å². The van der Waals surface area contributed by atoms with E-state index in [0.717, 1.165) is 0 Å². The highest BCUT2D eigenvalue weighted by Crippen LogP contribution is 1.90. The number of aliphatic carboxylic acids is 1. The number of carboxylic acids is 1. The van der Waals surface area contributed by atoms with Crippen LogP contribution in [0, 0.1) is 0 Å². The number of aliphatic hydroxyl groups is 1. The number of carbonyl (C=O) groups excluding carboxylic acids is 1. The van der Waals surface area contributed by atoms with Crippen LogP contribution in [-0.4, -0.2) is 51.4 Å². The molecule has 0 aliphatic heterocycles. The van der Waals surface area contributed by atoms with Crippen molar-refractivity contribution < 1.29 is 29.3 Å². The molecule has 84 valence electrons. The first-order chi connectivity index (χ1) is 6.90. The van der Waals surface area contributed by atoms with Crippen molar-refractivity contribution >= 4 is 17.7 Å². The van der Waals surface area contributed by atoms with Gasteiger partial charge in [-0.3, -0.25) is 4.79 Å². The summed E-state index contributed by atoms with van der Waals surface area (Å²) in [5, 5.41) is 17.3. The fourth-order valence-corrected chi connectivity index (χ4v) is 0.606. The molecular weight excluding hydrogens is 206 g/mol. The Hall–Kier alpha value is -1.76. The molecule has 0 aromatic heterocycles. The molecule has 8 nitrogen and oxygen atoms in total. The van der Waals surface area contributed by atoms with Crippen LogP contribution in [-0.2, 0) is 14.3 Å². The van der Waals surface area contributed by atoms with Crippen molar-refractivity contribution in [2.45, 2.75) is 19.1 Å². The number of carbonyl (C=O) groups is 2. The second-order valence-corrected chi connectivity index (χ2v) is 2.70. The number of rotatable bonds is 5. The van der Waals surface area contributed by atoms with Gasteiger partial charge >= 0.3 is 17.7 Å². The Balaban J connectivity index is 4.27. The van der Waals surface area contributed by atoms with E-state index < -0.39 is 36.4 Å². The normalized spacial score (nSPS) is 13.5. The third-order valence-corrected chi connectivity index (χ3v) is 1.42. The summed E-state index contributed by atoms with van der Waals surface area (Å²) in [5.41, 5.74) is 12.7. The van der Waals surface area contributed by atoms with Crippen LogP contribution in [0.25, 0.3) is 5.53 Å². The summed E-state index contributed by atoms with van der Waals surface area (Å²) < 4.78 is 4.38. The van der Waals surface area contributed by atoms with Gasteiger partial charge in [0.2, 0.25) is 0 Å². The average Bonchev–Trinajstić information content (AvgIpc) is 2.14. The highest BCUT2D eigenvalue weighted by molar-refractivity contribution is 6.35. The lowest BCUT2D eigenvalue weighted by atomic mass is 10.2. The number of nitrogens with two attached hydrogens (primary N) is 1. The van der Waals surface area contributed by atoms with Gasteiger partial charge in [-0.25, -0.2) is 4.79 Å². The second kappa shape index (κ2) is 5.86. The molecule has 0 spiro atoms. The highest BCUT2D eigenvalue weighted by Gasteiger charge is 2.28. The summed E-state index contributed by atoms with van der Waals surface area (Å²) >= 11 is 0. The molecule has 0 radical (unpaired) electrons. The fourth-order valence-electron chi connectivity index (χ4n) is 0.606. The topological polar surface area (TPSA) is 146 Å². The van der Waals surface area contributed by atoms with E-state index in [-0.39, 0.29) is 0 Å². The third-order valence-electron chi connectivity index (χ3n) is 1.42. The van der Waals surface area contributed by atoms with Crippen LogP contribution < -0.4 is 5.73 Å². The molecule has 8 heteroatoms. The lowest BCUT2D eigenvalue weighted by Crippen LogP contribution is -2.38. The Kier molecular flexibility index (Phi) is 5.18. The quantitative estimate of drug-likeness (QED) is 0.210. The summed E-state index contributed by atoms with van der Waals surface area (Å²) in [6.07, 6.45) is -1.32. The first kappa shape index (κ1) is 13.2. The summed E-state index contributed by atoms with van der Waals surface area (Å²) in [5.74, 6) is -2.45. The molecule has 15 heavy (non-hydrogen) atoms. The van der Waals surface area contributed by atoms with E-state index in [1.807, 2.05) is 0 Å². The first-order valence-corrected chi connectivity index (χ1v) is 3.95. The van der Waals surface area contributed by atoms with Crippen molar-refractivity contribution in [3.05, 3.63) is 5.53 Å². The van der Waals surface area contributed by atoms with Crippen LogP contribution in [0.5, 0.6) is 0 Å². The van der Waals surface area contributed by atoms with E-state index >= 15 is 0 Å². The minimum atomic E-state index is -1.36. The van der Waals surface area contributed by atoms with Crippen molar-refractivity contribution in [1.82, 2.24) is 0 Å². The maximum Gasteiger partial charge on any atom is 0.419 e. The van der Waals surface area contributed by atoms with Gasteiger partial charge in [0.05, 0.1) is 0 Å². The molecule has 0 heterocycles. The van der Waals surface area contributed by atoms with Crippen LogP contribution in [0.4, 0.5) is 0 Å². The molecular formula is C7H11N3O5. The fraction of sp³-hybridized carbons (Fsp3) is 0.571. The van der Waals surface area contributed by atoms with Gasteiger partial charge in [0.25, 0.3) is 0 Å². The van der Waals surface area contributed by atoms with E-state index in [1.54, 1.807) is 0 Å². The van der Waals surface area contributed by atoms with Crippen LogP contribution in [0.3, 0.4) is 0 Å². The largest absolute Gasteiger partial charge is 0.480 e. The molecule has 0 aliphatic carbocycles. The van der Waals surface area contributed by atoms with Crippen LogP contribution in [0.15, 0.2) is 0 Å². The molecule has 0 unspecified atom stereocenters. The first-order valence-electron chi connectivity index (χ1n) is 3.95. The third kappa shape index (κ3) is 4.32. The van der Waals surface area contributed by atoms with Gasteiger partial charge < -0.3 is 26.2 Å². The monoisotopic (exact) mass is 217 g/mol. The zero-order valence-electron chi connectivity index (χ0n) is 7.95. The summed E-state index contributed by atoms with van der Waals surface area (Å²) in [6, 6.07) is -1.36. The number of aliphatic hydroxyl groups excluding tert-OH is 1. The molecule has 0 aromatic rings. The minimum Gasteiger partial charge on any atom is -0.480 e. The van der Waals surface area contributed by atoms with Crippen LogP contribution >= 0.6 is 0 Å². The molecule has 0 saturated carbocycles. The van der Waals surface area contributed by atoms with Crippen molar-refractivity contribution in [2.24, 2.45) is 5.73 Å². The second-order valence-electron chi connectivity index (χ2n) is 2.70. The van der Waals surface area contributed by atoms with E-state index in [9.17, 15) is 9.59 Å². The summed E-state index contributed by atoms with van der Waals surface area (Å²) in [7, 11) is 0. The van der Waals surface area contributed by atoms with E-state index in [1.165, 1.54) is 6.92 Å². The van der Waals surface area contributed by atoms with Crippen molar-refractivity contribution in [3.63, 3.8) is 0 Å². The van der Waals surface area contributed by atoms with Gasteiger partial charge in [-0.05, 0) is 6.92 Å². The average molecular weight is 217 g/mol. The minimum absolute atomic E-state index is 0.570. The van der Waals surface area contributed by atoms with Crippen molar-refractivity contribution in [2.75, 3.05) is 6.61 Å². The Bertz CT molecular complexity index is 308. The van der Waals surface area contributed by atoms with Crippen molar-refractivity contribution in [3.8, 4) is 0 Å². The maximum absolute atomic E-state index is 11.0. The smallest absolute Gasteiger partial charge is 0.419 e. The predicted molar refractivity (Wildman–Crippen MR) is 46.9 cm³/mol. The van der Waals surface area contributed by atoms with Gasteiger partial charge in [-0.15, -0.1) is 0 Å². The number of carboxylic acid groups (broad SMARTS) is 1. The molecule has 0 amide bonds. The van der Waals surface area contributed by atoms with Crippen LogP contribution in [0.2, 0.25) is 0 Å². The van der Waals surface area contributed by atoms with Gasteiger partial charge in [0.1, 0.15) is 12.6 Å². The Morgan fingerprint density at radius 1 is 1.60 bits per heavy atom. The van der Waals surface area contributed by atoms with Crippen LogP contribution in [0.1, 0.15) is 6.92 Å². The number of hydrogen-bond donors (Lipinski definition) is 3. The standard InChI is InChI=1S/C7H11N3O5/c1-3(11)5(10-9)7(14)15-2-4(8)6(12)13/h3-4,11H,2,8H2,1H3,(H,12,13)/t3-,4+/m1/s1. The molecule has 0 rings (SSSR count). The molecule has 0 fully saturated rings. The Morgan fingerprint density at radius 2 is 2.13 bits per heavy atom. The SMILES string of the molecule is C[C@@H](O)C(=[N+]=[N-])C(=O)OC[C@H](N)C(=O)O. The van der Waals surface area contributed by atoms with Gasteiger partial charge in [0.15, 0.2) is 6.10 Å². The van der Waals surface area contributed by atoms with Gasteiger partial charge in [-0.2, -0.15) is 4.79 Å². The van der Waals surface area contributed by atoms with Gasteiger partial charge in [0, 0.05) is 0 Å². The van der Waals surface area contributed by atoms with Gasteiger partial charge in [-0.1, -0.05) is 0 Å². The predicted octanol–water partition coefficient (Wildman–Crippen LogP) is -2.01. The Labute approximate surface area is 84.9 Å². The number of nitrogens with zero attached hydrogens (tertiary/aromatic N) is 2. The molecule has 0 saturated heterocycles. The maximum atomic E-state index is 11.0. The lowest BCUT2D eigenvalue weighted by molar-refractivity contribution is -0.146. The number of esters is 1. The Morgan fingerprint density at radius 3 is 2.47 bits per heavy atom. The van der Waals surface area contributed by atoms with E-state index in [4.69, 9.17) is 21.5 Å². The molecule has 2 atom stereocenters. The zero-order chi connectivity index (χ0) is 12.0. The zero-order valence-corrected chi connectivity index (χ0v) is 7.95. The molecule has 0 aliphatic rings. The summed E-state index contributed by atoms with van der Waals surface area (Å²) in [6.45, 7) is 0.618. The van der Waals surface area contributed by atoms with E-state index in [2.05, 4.69) is 9.53 Å². The number of ether oxygens (including phenoxy) is 1.